The Morgan fingerprint density at radius 2 is 1.89 bits per heavy atom. The number of benzene rings is 1. The maximum absolute atomic E-state index is 12.1. The number of carbonyl (C=O) groups excluding carboxylic acids is 1. The molecule has 18 heavy (non-hydrogen) atoms. The third-order valence-corrected chi connectivity index (χ3v) is 3.54. The number of nitrogens with two attached hydrogens (primary N) is 1. The van der Waals surface area contributed by atoms with E-state index in [0.717, 1.165) is 43.6 Å². The zero-order valence-corrected chi connectivity index (χ0v) is 10.9. The first-order chi connectivity index (χ1) is 8.75. The van der Waals surface area contributed by atoms with E-state index in [0.29, 0.717) is 12.3 Å². The summed E-state index contributed by atoms with van der Waals surface area (Å²) in [5.74, 6) is 0.291. The van der Waals surface area contributed by atoms with E-state index in [-0.39, 0.29) is 0 Å². The lowest BCUT2D eigenvalue weighted by Gasteiger charge is -2.20. The average molecular weight is 246 g/mol. The van der Waals surface area contributed by atoms with E-state index in [2.05, 4.69) is 0 Å². The summed E-state index contributed by atoms with van der Waals surface area (Å²) >= 11 is 0. The predicted molar refractivity (Wildman–Crippen MR) is 74.2 cm³/mol. The Labute approximate surface area is 109 Å². The molecule has 1 heterocycles. The molecule has 0 atom stereocenters. The fraction of sp³-hybridized carbons (Fsp3) is 0.533. The first-order valence-electron chi connectivity index (χ1n) is 6.88. The predicted octanol–water partition coefficient (Wildman–Crippen LogP) is 2.60. The summed E-state index contributed by atoms with van der Waals surface area (Å²) in [6.07, 6.45) is 6.23. The fourth-order valence-corrected chi connectivity index (χ4v) is 2.48. The van der Waals surface area contributed by atoms with Gasteiger partial charge in [-0.2, -0.15) is 0 Å². The number of nitrogen functional groups attached to an aromatic ring is 1. The van der Waals surface area contributed by atoms with E-state index in [9.17, 15) is 4.79 Å². The van der Waals surface area contributed by atoms with Gasteiger partial charge < -0.3 is 10.6 Å². The van der Waals surface area contributed by atoms with Crippen LogP contribution in [0, 0.1) is 0 Å². The molecule has 1 fully saturated rings. The van der Waals surface area contributed by atoms with E-state index in [1.165, 1.54) is 12.8 Å². The van der Waals surface area contributed by atoms with E-state index >= 15 is 0 Å². The Morgan fingerprint density at radius 3 is 2.56 bits per heavy atom. The highest BCUT2D eigenvalue weighted by molar-refractivity contribution is 5.76. The number of nitrogens with zero attached hydrogens (tertiary/aromatic N) is 1. The van der Waals surface area contributed by atoms with Crippen LogP contribution in [0.15, 0.2) is 24.3 Å². The Balaban J connectivity index is 1.83. The maximum Gasteiger partial charge on any atom is 0.222 e. The molecule has 1 saturated heterocycles. The van der Waals surface area contributed by atoms with Gasteiger partial charge in [0.1, 0.15) is 0 Å². The summed E-state index contributed by atoms with van der Waals surface area (Å²) in [6, 6.07) is 7.81. The molecular formula is C15H22N2O. The van der Waals surface area contributed by atoms with Crippen molar-refractivity contribution in [2.45, 2.75) is 38.5 Å². The summed E-state index contributed by atoms with van der Waals surface area (Å²) in [5, 5.41) is 0. The first-order valence-corrected chi connectivity index (χ1v) is 6.88. The molecule has 0 aromatic heterocycles. The normalized spacial score (nSPS) is 16.3. The number of carbonyl (C=O) groups is 1. The van der Waals surface area contributed by atoms with Gasteiger partial charge in [-0.1, -0.05) is 25.0 Å². The maximum atomic E-state index is 12.1. The van der Waals surface area contributed by atoms with Gasteiger partial charge in [0.25, 0.3) is 0 Å². The second-order valence-corrected chi connectivity index (χ2v) is 5.04. The van der Waals surface area contributed by atoms with Crippen LogP contribution in [0.5, 0.6) is 0 Å². The zero-order valence-electron chi connectivity index (χ0n) is 10.9. The average Bonchev–Trinajstić information content (AvgIpc) is 2.65. The molecule has 0 aliphatic carbocycles. The van der Waals surface area contributed by atoms with Crippen molar-refractivity contribution in [2.75, 3.05) is 18.8 Å². The molecule has 0 unspecified atom stereocenters. The van der Waals surface area contributed by atoms with E-state index in [1.807, 2.05) is 29.2 Å². The SMILES string of the molecule is Nc1cccc(CCC(=O)N2CCCCCC2)c1. The van der Waals surface area contributed by atoms with Crippen LogP contribution in [0.2, 0.25) is 0 Å². The molecule has 3 nitrogen and oxygen atoms in total. The number of hydrogen-bond donors (Lipinski definition) is 1. The number of aryl methyl sites for hydroxylation is 1. The van der Waals surface area contributed by atoms with Gasteiger partial charge >= 0.3 is 0 Å². The first kappa shape index (κ1) is 12.9. The van der Waals surface area contributed by atoms with Crippen LogP contribution in [-0.2, 0) is 11.2 Å². The molecule has 2 rings (SSSR count). The molecule has 0 radical (unpaired) electrons. The van der Waals surface area contributed by atoms with Crippen LogP contribution in [0.1, 0.15) is 37.7 Å². The molecule has 1 aromatic rings. The van der Waals surface area contributed by atoms with Gasteiger partial charge in [-0.15, -0.1) is 0 Å². The molecule has 3 heteroatoms. The van der Waals surface area contributed by atoms with Crippen LogP contribution >= 0.6 is 0 Å². The molecule has 1 aromatic carbocycles. The van der Waals surface area contributed by atoms with Crippen LogP contribution < -0.4 is 5.73 Å². The van der Waals surface area contributed by atoms with E-state index in [4.69, 9.17) is 5.73 Å². The Bertz CT molecular complexity index is 395. The van der Waals surface area contributed by atoms with Crippen LogP contribution in [0.4, 0.5) is 5.69 Å². The number of rotatable bonds is 3. The highest BCUT2D eigenvalue weighted by Crippen LogP contribution is 2.13. The Hall–Kier alpha value is -1.51. The molecule has 98 valence electrons. The molecular weight excluding hydrogens is 224 g/mol. The molecule has 1 aliphatic heterocycles. The minimum Gasteiger partial charge on any atom is -0.399 e. The number of anilines is 1. The molecule has 2 N–H and O–H groups in total. The Morgan fingerprint density at radius 1 is 1.17 bits per heavy atom. The van der Waals surface area contributed by atoms with Crippen LogP contribution in [-0.4, -0.2) is 23.9 Å². The molecule has 1 amide bonds. The second kappa shape index (κ2) is 6.43. The van der Waals surface area contributed by atoms with Gasteiger partial charge in [-0.05, 0) is 37.0 Å². The van der Waals surface area contributed by atoms with Crippen molar-refractivity contribution in [2.24, 2.45) is 0 Å². The lowest BCUT2D eigenvalue weighted by molar-refractivity contribution is -0.131. The van der Waals surface area contributed by atoms with Crippen molar-refractivity contribution in [1.29, 1.82) is 0 Å². The van der Waals surface area contributed by atoms with Gasteiger partial charge in [0.05, 0.1) is 0 Å². The lowest BCUT2D eigenvalue weighted by atomic mass is 10.1. The monoisotopic (exact) mass is 246 g/mol. The van der Waals surface area contributed by atoms with Gasteiger partial charge in [-0.3, -0.25) is 4.79 Å². The summed E-state index contributed by atoms with van der Waals surface area (Å²) < 4.78 is 0. The number of hydrogen-bond acceptors (Lipinski definition) is 2. The van der Waals surface area contributed by atoms with Crippen molar-refractivity contribution >= 4 is 11.6 Å². The fourth-order valence-electron chi connectivity index (χ4n) is 2.48. The lowest BCUT2D eigenvalue weighted by Crippen LogP contribution is -2.31. The van der Waals surface area contributed by atoms with Crippen molar-refractivity contribution < 1.29 is 4.79 Å². The molecule has 0 bridgehead atoms. The minimum atomic E-state index is 0.291. The van der Waals surface area contributed by atoms with Crippen LogP contribution in [0.25, 0.3) is 0 Å². The summed E-state index contributed by atoms with van der Waals surface area (Å²) in [6.45, 7) is 1.88. The summed E-state index contributed by atoms with van der Waals surface area (Å²) in [4.78, 5) is 14.1. The largest absolute Gasteiger partial charge is 0.399 e. The van der Waals surface area contributed by atoms with Gasteiger partial charge in [-0.25, -0.2) is 0 Å². The molecule has 0 saturated carbocycles. The van der Waals surface area contributed by atoms with Crippen molar-refractivity contribution in [3.05, 3.63) is 29.8 Å². The van der Waals surface area contributed by atoms with Crippen LogP contribution in [0.3, 0.4) is 0 Å². The third-order valence-electron chi connectivity index (χ3n) is 3.54. The number of amides is 1. The Kier molecular flexibility index (Phi) is 4.62. The highest BCUT2D eigenvalue weighted by Gasteiger charge is 2.14. The third kappa shape index (κ3) is 3.76. The topological polar surface area (TPSA) is 46.3 Å². The van der Waals surface area contributed by atoms with Gasteiger partial charge in [0, 0.05) is 25.2 Å². The highest BCUT2D eigenvalue weighted by atomic mass is 16.2. The second-order valence-electron chi connectivity index (χ2n) is 5.04. The van der Waals surface area contributed by atoms with E-state index in [1.54, 1.807) is 0 Å². The molecule has 0 spiro atoms. The standard InChI is InChI=1S/C15H22N2O/c16-14-7-5-6-13(12-14)8-9-15(18)17-10-3-1-2-4-11-17/h5-7,12H,1-4,8-11,16H2. The smallest absolute Gasteiger partial charge is 0.222 e. The molecule has 1 aliphatic rings. The van der Waals surface area contributed by atoms with Gasteiger partial charge in [0.2, 0.25) is 5.91 Å². The number of likely N-dealkylation sites (tertiary alicyclic amines) is 1. The summed E-state index contributed by atoms with van der Waals surface area (Å²) in [5.41, 5.74) is 7.66. The minimum absolute atomic E-state index is 0.291. The van der Waals surface area contributed by atoms with E-state index < -0.39 is 0 Å². The van der Waals surface area contributed by atoms with Crippen molar-refractivity contribution in [3.63, 3.8) is 0 Å². The van der Waals surface area contributed by atoms with Crippen molar-refractivity contribution in [3.8, 4) is 0 Å². The summed E-state index contributed by atoms with van der Waals surface area (Å²) in [7, 11) is 0. The quantitative estimate of drug-likeness (QED) is 0.833. The van der Waals surface area contributed by atoms with Gasteiger partial charge in [0.15, 0.2) is 0 Å². The zero-order chi connectivity index (χ0) is 12.8. The van der Waals surface area contributed by atoms with Crippen molar-refractivity contribution in [1.82, 2.24) is 4.90 Å².